The summed E-state index contributed by atoms with van der Waals surface area (Å²) in [5.74, 6) is 1.39. The van der Waals surface area contributed by atoms with E-state index in [1.54, 1.807) is 14.2 Å². The van der Waals surface area contributed by atoms with E-state index < -0.39 is 0 Å². The number of ether oxygens (including phenoxy) is 2. The van der Waals surface area contributed by atoms with E-state index in [4.69, 9.17) is 9.47 Å². The molecule has 1 heterocycles. The van der Waals surface area contributed by atoms with Gasteiger partial charge in [0, 0.05) is 26.1 Å². The second-order valence-corrected chi connectivity index (χ2v) is 6.45. The van der Waals surface area contributed by atoms with Crippen LogP contribution < -0.4 is 4.74 Å². The van der Waals surface area contributed by atoms with Gasteiger partial charge < -0.3 is 19.3 Å². The molecule has 2 atom stereocenters. The minimum Gasteiger partial charge on any atom is -0.497 e. The smallest absolute Gasteiger partial charge is 0.236 e. The van der Waals surface area contributed by atoms with Crippen LogP contribution in [0.2, 0.25) is 0 Å². The van der Waals surface area contributed by atoms with Crippen molar-refractivity contribution in [1.29, 1.82) is 0 Å². The van der Waals surface area contributed by atoms with Gasteiger partial charge in [-0.05, 0) is 44.6 Å². The van der Waals surface area contributed by atoms with Crippen molar-refractivity contribution in [1.82, 2.24) is 9.80 Å². The second kappa shape index (κ2) is 8.31. The average molecular weight is 320 g/mol. The van der Waals surface area contributed by atoms with Gasteiger partial charge in [-0.2, -0.15) is 0 Å². The monoisotopic (exact) mass is 320 g/mol. The molecule has 0 saturated carbocycles. The molecule has 23 heavy (non-hydrogen) atoms. The van der Waals surface area contributed by atoms with Gasteiger partial charge in [0.25, 0.3) is 0 Å². The number of hydrogen-bond acceptors (Lipinski definition) is 4. The molecule has 0 unspecified atom stereocenters. The number of carbonyl (C=O) groups is 1. The largest absolute Gasteiger partial charge is 0.497 e. The van der Waals surface area contributed by atoms with Crippen molar-refractivity contribution < 1.29 is 14.3 Å². The van der Waals surface area contributed by atoms with Gasteiger partial charge in [0.1, 0.15) is 5.75 Å². The third-order valence-corrected chi connectivity index (χ3v) is 4.43. The zero-order valence-corrected chi connectivity index (χ0v) is 14.6. The highest BCUT2D eigenvalue weighted by Crippen LogP contribution is 2.24. The van der Waals surface area contributed by atoms with Crippen LogP contribution in [-0.4, -0.2) is 69.8 Å². The molecule has 1 fully saturated rings. The molecule has 0 aromatic heterocycles. The maximum Gasteiger partial charge on any atom is 0.236 e. The van der Waals surface area contributed by atoms with Gasteiger partial charge in [-0.25, -0.2) is 0 Å². The van der Waals surface area contributed by atoms with Crippen LogP contribution in [0.25, 0.3) is 0 Å². The summed E-state index contributed by atoms with van der Waals surface area (Å²) in [4.78, 5) is 16.2. The van der Waals surface area contributed by atoms with Crippen molar-refractivity contribution in [2.24, 2.45) is 5.92 Å². The van der Waals surface area contributed by atoms with Gasteiger partial charge in [0.15, 0.2) is 0 Å². The molecule has 0 bridgehead atoms. The first-order chi connectivity index (χ1) is 11.0. The topological polar surface area (TPSA) is 42.0 Å². The number of likely N-dealkylation sites (tertiary alicyclic amines) is 1. The third kappa shape index (κ3) is 4.94. The lowest BCUT2D eigenvalue weighted by Gasteiger charge is -2.38. The van der Waals surface area contributed by atoms with Crippen molar-refractivity contribution >= 4 is 5.91 Å². The molecular formula is C18H28N2O3. The molecule has 1 amide bonds. The lowest BCUT2D eigenvalue weighted by atomic mass is 9.88. The summed E-state index contributed by atoms with van der Waals surface area (Å²) in [7, 11) is 7.29. The first kappa shape index (κ1) is 17.8. The van der Waals surface area contributed by atoms with Crippen LogP contribution in [0.4, 0.5) is 0 Å². The van der Waals surface area contributed by atoms with Crippen molar-refractivity contribution in [2.45, 2.75) is 18.9 Å². The van der Waals surface area contributed by atoms with Crippen molar-refractivity contribution in [3.05, 3.63) is 29.8 Å². The lowest BCUT2D eigenvalue weighted by Crippen LogP contribution is -2.49. The molecule has 2 rings (SSSR count). The summed E-state index contributed by atoms with van der Waals surface area (Å²) < 4.78 is 10.9. The highest BCUT2D eigenvalue weighted by Gasteiger charge is 2.31. The summed E-state index contributed by atoms with van der Waals surface area (Å²) in [6, 6.07) is 8.14. The number of amides is 1. The van der Waals surface area contributed by atoms with Crippen LogP contribution in [0.5, 0.6) is 5.75 Å². The normalized spacial score (nSPS) is 21.5. The Kier molecular flexibility index (Phi) is 6.42. The van der Waals surface area contributed by atoms with Crippen LogP contribution in [0.1, 0.15) is 12.0 Å². The van der Waals surface area contributed by atoms with E-state index in [1.165, 1.54) is 5.56 Å². The highest BCUT2D eigenvalue weighted by atomic mass is 16.5. The van der Waals surface area contributed by atoms with Gasteiger partial charge in [-0.3, -0.25) is 4.79 Å². The minimum absolute atomic E-state index is 0.198. The fraction of sp³-hybridized carbons (Fsp3) is 0.611. The molecule has 1 aromatic carbocycles. The summed E-state index contributed by atoms with van der Waals surface area (Å²) in [5.41, 5.74) is 1.25. The summed E-state index contributed by atoms with van der Waals surface area (Å²) in [5, 5.41) is 0. The second-order valence-electron chi connectivity index (χ2n) is 6.45. The SMILES string of the molecule is COc1ccc(C[C@H]2CN(C(=O)CN(C)C)CC[C@H]2OC)cc1. The predicted octanol–water partition coefficient (Wildman–Crippen LogP) is 1.66. The van der Waals surface area contributed by atoms with E-state index >= 15 is 0 Å². The third-order valence-electron chi connectivity index (χ3n) is 4.43. The maximum absolute atomic E-state index is 12.3. The molecule has 0 N–H and O–H groups in total. The number of nitrogens with zero attached hydrogens (tertiary/aromatic N) is 2. The van der Waals surface area contributed by atoms with Crippen LogP contribution in [-0.2, 0) is 16.0 Å². The zero-order chi connectivity index (χ0) is 16.8. The number of likely N-dealkylation sites (N-methyl/N-ethyl adjacent to an activating group) is 1. The fourth-order valence-electron chi connectivity index (χ4n) is 3.18. The molecule has 128 valence electrons. The molecule has 0 aliphatic carbocycles. The van der Waals surface area contributed by atoms with Gasteiger partial charge in [0.05, 0.1) is 19.8 Å². The Morgan fingerprint density at radius 3 is 2.52 bits per heavy atom. The molecule has 1 saturated heterocycles. The average Bonchev–Trinajstić information content (AvgIpc) is 2.55. The first-order valence-electron chi connectivity index (χ1n) is 8.11. The Morgan fingerprint density at radius 2 is 1.96 bits per heavy atom. The number of piperidine rings is 1. The molecule has 1 aromatic rings. The van der Waals surface area contributed by atoms with Gasteiger partial charge in [0.2, 0.25) is 5.91 Å². The van der Waals surface area contributed by atoms with Gasteiger partial charge in [-0.1, -0.05) is 12.1 Å². The number of methoxy groups -OCH3 is 2. The predicted molar refractivity (Wildman–Crippen MR) is 90.7 cm³/mol. The van der Waals surface area contributed by atoms with E-state index in [9.17, 15) is 4.79 Å². The van der Waals surface area contributed by atoms with Crippen LogP contribution in [0.3, 0.4) is 0 Å². The van der Waals surface area contributed by atoms with Crippen LogP contribution in [0.15, 0.2) is 24.3 Å². The number of carbonyl (C=O) groups excluding carboxylic acids is 1. The summed E-state index contributed by atoms with van der Waals surface area (Å²) in [6.45, 7) is 2.01. The summed E-state index contributed by atoms with van der Waals surface area (Å²) in [6.07, 6.45) is 2.02. The number of rotatable bonds is 6. The quantitative estimate of drug-likeness (QED) is 0.799. The molecule has 5 nitrogen and oxygen atoms in total. The molecular weight excluding hydrogens is 292 g/mol. The highest BCUT2D eigenvalue weighted by molar-refractivity contribution is 5.78. The Bertz CT molecular complexity index is 501. The molecule has 1 aliphatic rings. The van der Waals surface area contributed by atoms with Crippen molar-refractivity contribution in [3.8, 4) is 5.75 Å². The summed E-state index contributed by atoms with van der Waals surface area (Å²) >= 11 is 0. The first-order valence-corrected chi connectivity index (χ1v) is 8.11. The van der Waals surface area contributed by atoms with Crippen molar-refractivity contribution in [2.75, 3.05) is 47.9 Å². The standard InChI is InChI=1S/C18H28N2O3/c1-19(2)13-18(21)20-10-9-17(23-4)15(12-20)11-14-5-7-16(22-3)8-6-14/h5-8,15,17H,9-13H2,1-4H3/t15-,17+/m0/s1. The Morgan fingerprint density at radius 1 is 1.26 bits per heavy atom. The van der Waals surface area contributed by atoms with Gasteiger partial charge >= 0.3 is 0 Å². The van der Waals surface area contributed by atoms with Crippen LogP contribution in [0, 0.1) is 5.92 Å². The van der Waals surface area contributed by atoms with E-state index in [-0.39, 0.29) is 12.0 Å². The molecule has 0 spiro atoms. The number of benzene rings is 1. The molecule has 1 aliphatic heterocycles. The minimum atomic E-state index is 0.198. The maximum atomic E-state index is 12.3. The molecule has 0 radical (unpaired) electrons. The van der Waals surface area contributed by atoms with E-state index in [1.807, 2.05) is 36.0 Å². The lowest BCUT2D eigenvalue weighted by molar-refractivity contribution is -0.136. The Balaban J connectivity index is 2.01. The van der Waals surface area contributed by atoms with Gasteiger partial charge in [-0.15, -0.1) is 0 Å². The van der Waals surface area contributed by atoms with Crippen molar-refractivity contribution in [3.63, 3.8) is 0 Å². The molecule has 5 heteroatoms. The number of hydrogen-bond donors (Lipinski definition) is 0. The van der Waals surface area contributed by atoms with E-state index in [0.29, 0.717) is 12.5 Å². The van der Waals surface area contributed by atoms with E-state index in [0.717, 1.165) is 31.7 Å². The van der Waals surface area contributed by atoms with Crippen LogP contribution >= 0.6 is 0 Å². The Labute approximate surface area is 139 Å². The van der Waals surface area contributed by atoms with E-state index in [2.05, 4.69) is 12.1 Å². The fourth-order valence-corrected chi connectivity index (χ4v) is 3.18. The zero-order valence-electron chi connectivity index (χ0n) is 14.6. The Hall–Kier alpha value is -1.59.